The van der Waals surface area contributed by atoms with Crippen molar-refractivity contribution in [1.29, 1.82) is 0 Å². The Morgan fingerprint density at radius 3 is 2.81 bits per heavy atom. The topological polar surface area (TPSA) is 42.4 Å². The predicted molar refractivity (Wildman–Crippen MR) is 81.7 cm³/mol. The van der Waals surface area contributed by atoms with Gasteiger partial charge in [0, 0.05) is 17.8 Å². The molecule has 1 aromatic carbocycles. The number of halogens is 1. The zero-order valence-electron chi connectivity index (χ0n) is 12.3. The molecule has 0 radical (unpaired) electrons. The van der Waals surface area contributed by atoms with Gasteiger partial charge in [0.2, 0.25) is 0 Å². The van der Waals surface area contributed by atoms with Gasteiger partial charge in [0.15, 0.2) is 0 Å². The van der Waals surface area contributed by atoms with Gasteiger partial charge in [0.1, 0.15) is 11.6 Å². The summed E-state index contributed by atoms with van der Waals surface area (Å²) in [5.41, 5.74) is 7.96. The lowest BCUT2D eigenvalue weighted by atomic mass is 10.0. The molecule has 1 unspecified atom stereocenters. The first kappa shape index (κ1) is 14.1. The van der Waals surface area contributed by atoms with Crippen LogP contribution in [0.2, 0.25) is 0 Å². The van der Waals surface area contributed by atoms with E-state index in [1.54, 1.807) is 12.3 Å². The number of furan rings is 1. The molecule has 3 nitrogen and oxygen atoms in total. The SMILES string of the molecule is CC(N)Cc1cc(F)ccc1N(Cc1ccco1)C1CC1. The van der Waals surface area contributed by atoms with Crippen LogP contribution < -0.4 is 10.6 Å². The van der Waals surface area contributed by atoms with E-state index in [0.717, 1.165) is 23.6 Å². The van der Waals surface area contributed by atoms with Gasteiger partial charge in [-0.3, -0.25) is 0 Å². The van der Waals surface area contributed by atoms with Gasteiger partial charge < -0.3 is 15.1 Å². The molecule has 1 aliphatic carbocycles. The van der Waals surface area contributed by atoms with Crippen molar-refractivity contribution in [2.24, 2.45) is 5.73 Å². The molecular formula is C17H21FN2O. The predicted octanol–water partition coefficient (Wildman–Crippen LogP) is 3.48. The lowest BCUT2D eigenvalue weighted by molar-refractivity contribution is 0.500. The lowest BCUT2D eigenvalue weighted by Gasteiger charge is -2.27. The Morgan fingerprint density at radius 2 is 2.19 bits per heavy atom. The van der Waals surface area contributed by atoms with Gasteiger partial charge in [0.25, 0.3) is 0 Å². The molecular weight excluding hydrogens is 267 g/mol. The maximum absolute atomic E-state index is 13.6. The Kier molecular flexibility index (Phi) is 3.97. The van der Waals surface area contributed by atoms with E-state index in [2.05, 4.69) is 4.90 Å². The highest BCUT2D eigenvalue weighted by atomic mass is 19.1. The molecule has 0 amide bonds. The number of hydrogen-bond donors (Lipinski definition) is 1. The molecule has 1 heterocycles. The molecule has 1 fully saturated rings. The molecule has 1 saturated carbocycles. The summed E-state index contributed by atoms with van der Waals surface area (Å²) in [7, 11) is 0. The van der Waals surface area contributed by atoms with E-state index in [1.807, 2.05) is 25.1 Å². The van der Waals surface area contributed by atoms with Crippen molar-refractivity contribution in [3.63, 3.8) is 0 Å². The summed E-state index contributed by atoms with van der Waals surface area (Å²) in [5, 5.41) is 0. The second-order valence-corrected chi connectivity index (χ2v) is 5.89. The Morgan fingerprint density at radius 1 is 1.38 bits per heavy atom. The van der Waals surface area contributed by atoms with Crippen LogP contribution in [0.25, 0.3) is 0 Å². The summed E-state index contributed by atoms with van der Waals surface area (Å²) >= 11 is 0. The van der Waals surface area contributed by atoms with E-state index in [1.165, 1.54) is 18.9 Å². The van der Waals surface area contributed by atoms with Crippen molar-refractivity contribution in [3.8, 4) is 0 Å². The fourth-order valence-electron chi connectivity index (χ4n) is 2.71. The number of nitrogens with two attached hydrogens (primary N) is 1. The molecule has 112 valence electrons. The normalized spacial score (nSPS) is 16.0. The minimum atomic E-state index is -0.205. The van der Waals surface area contributed by atoms with Crippen LogP contribution in [0, 0.1) is 5.82 Å². The Balaban J connectivity index is 1.91. The minimum absolute atomic E-state index is 0.00946. The van der Waals surface area contributed by atoms with Crippen LogP contribution in [0.15, 0.2) is 41.0 Å². The summed E-state index contributed by atoms with van der Waals surface area (Å²) in [6.45, 7) is 2.66. The van der Waals surface area contributed by atoms with Gasteiger partial charge in [-0.1, -0.05) is 0 Å². The zero-order valence-corrected chi connectivity index (χ0v) is 12.3. The molecule has 0 bridgehead atoms. The van der Waals surface area contributed by atoms with E-state index < -0.39 is 0 Å². The smallest absolute Gasteiger partial charge is 0.123 e. The molecule has 1 aliphatic rings. The highest BCUT2D eigenvalue weighted by molar-refractivity contribution is 5.56. The molecule has 2 aromatic rings. The quantitative estimate of drug-likeness (QED) is 0.885. The number of benzene rings is 1. The van der Waals surface area contributed by atoms with E-state index in [0.29, 0.717) is 12.5 Å². The van der Waals surface area contributed by atoms with Crippen molar-refractivity contribution in [3.05, 3.63) is 53.7 Å². The first-order chi connectivity index (χ1) is 10.1. The zero-order chi connectivity index (χ0) is 14.8. The van der Waals surface area contributed by atoms with Gasteiger partial charge in [-0.05, 0) is 62.1 Å². The van der Waals surface area contributed by atoms with Crippen molar-refractivity contribution in [2.75, 3.05) is 4.90 Å². The maximum atomic E-state index is 13.6. The number of anilines is 1. The Labute approximate surface area is 124 Å². The summed E-state index contributed by atoms with van der Waals surface area (Å²) in [6, 6.07) is 9.41. The summed E-state index contributed by atoms with van der Waals surface area (Å²) in [4.78, 5) is 2.32. The second kappa shape index (κ2) is 5.90. The van der Waals surface area contributed by atoms with Gasteiger partial charge >= 0.3 is 0 Å². The van der Waals surface area contributed by atoms with Crippen molar-refractivity contribution in [2.45, 2.75) is 44.8 Å². The monoisotopic (exact) mass is 288 g/mol. The second-order valence-electron chi connectivity index (χ2n) is 5.89. The van der Waals surface area contributed by atoms with Gasteiger partial charge in [-0.2, -0.15) is 0 Å². The van der Waals surface area contributed by atoms with Crippen molar-refractivity contribution in [1.82, 2.24) is 0 Å². The van der Waals surface area contributed by atoms with E-state index in [4.69, 9.17) is 10.2 Å². The first-order valence-electron chi connectivity index (χ1n) is 7.46. The third-order valence-corrected chi connectivity index (χ3v) is 3.79. The van der Waals surface area contributed by atoms with E-state index in [9.17, 15) is 4.39 Å². The average molecular weight is 288 g/mol. The Bertz CT molecular complexity index is 591. The van der Waals surface area contributed by atoms with Crippen LogP contribution >= 0.6 is 0 Å². The number of nitrogens with zero attached hydrogens (tertiary/aromatic N) is 1. The molecule has 2 N–H and O–H groups in total. The van der Waals surface area contributed by atoms with Crippen LogP contribution in [0.1, 0.15) is 31.1 Å². The fraction of sp³-hybridized carbons (Fsp3) is 0.412. The highest BCUT2D eigenvalue weighted by Crippen LogP contribution is 2.35. The molecule has 1 aromatic heterocycles. The molecule has 4 heteroatoms. The van der Waals surface area contributed by atoms with Crippen LogP contribution in [0.5, 0.6) is 0 Å². The average Bonchev–Trinajstić information content (AvgIpc) is 3.14. The van der Waals surface area contributed by atoms with Crippen LogP contribution in [0.4, 0.5) is 10.1 Å². The Hall–Kier alpha value is -1.81. The largest absolute Gasteiger partial charge is 0.467 e. The standard InChI is InChI=1S/C17H21FN2O/c1-12(19)9-13-10-14(18)4-7-17(13)20(15-5-6-15)11-16-3-2-8-21-16/h2-4,7-8,10,12,15H,5-6,9,11,19H2,1H3. The molecule has 0 aliphatic heterocycles. The van der Waals surface area contributed by atoms with E-state index >= 15 is 0 Å². The highest BCUT2D eigenvalue weighted by Gasteiger charge is 2.31. The molecule has 21 heavy (non-hydrogen) atoms. The molecule has 0 spiro atoms. The molecule has 1 atom stereocenters. The van der Waals surface area contributed by atoms with Gasteiger partial charge in [-0.25, -0.2) is 4.39 Å². The number of rotatable bonds is 6. The third-order valence-electron chi connectivity index (χ3n) is 3.79. The molecule has 0 saturated heterocycles. The lowest BCUT2D eigenvalue weighted by Crippen LogP contribution is -2.27. The number of hydrogen-bond acceptors (Lipinski definition) is 3. The van der Waals surface area contributed by atoms with Crippen LogP contribution in [0.3, 0.4) is 0 Å². The van der Waals surface area contributed by atoms with Crippen molar-refractivity contribution < 1.29 is 8.81 Å². The summed E-state index contributed by atoms with van der Waals surface area (Å²) in [6.07, 6.45) is 4.72. The first-order valence-corrected chi connectivity index (χ1v) is 7.46. The van der Waals surface area contributed by atoms with Gasteiger partial charge in [0.05, 0.1) is 12.8 Å². The molecule has 3 rings (SSSR count). The van der Waals surface area contributed by atoms with E-state index in [-0.39, 0.29) is 11.9 Å². The fourth-order valence-corrected chi connectivity index (χ4v) is 2.71. The maximum Gasteiger partial charge on any atom is 0.123 e. The van der Waals surface area contributed by atoms with Gasteiger partial charge in [-0.15, -0.1) is 0 Å². The summed E-state index contributed by atoms with van der Waals surface area (Å²) < 4.78 is 19.0. The van der Waals surface area contributed by atoms with Crippen LogP contribution in [-0.2, 0) is 13.0 Å². The van der Waals surface area contributed by atoms with Crippen molar-refractivity contribution >= 4 is 5.69 Å². The summed E-state index contributed by atoms with van der Waals surface area (Å²) in [5.74, 6) is 0.723. The minimum Gasteiger partial charge on any atom is -0.467 e. The third kappa shape index (κ3) is 3.45. The van der Waals surface area contributed by atoms with Crippen LogP contribution in [-0.4, -0.2) is 12.1 Å².